The van der Waals surface area contributed by atoms with Gasteiger partial charge in [-0.3, -0.25) is 0 Å². The molecule has 2 fully saturated rings. The normalized spacial score (nSPS) is 22.7. The van der Waals surface area contributed by atoms with Gasteiger partial charge >= 0.3 is 0 Å². The molecule has 92 valence electrons. The van der Waals surface area contributed by atoms with Crippen molar-refractivity contribution < 1.29 is 4.74 Å². The van der Waals surface area contributed by atoms with Gasteiger partial charge < -0.3 is 4.74 Å². The highest BCUT2D eigenvalue weighted by atomic mass is 16.5. The number of hydrogen-bond donors (Lipinski definition) is 0. The van der Waals surface area contributed by atoms with Crippen molar-refractivity contribution in [3.8, 4) is 5.88 Å². The van der Waals surface area contributed by atoms with Crippen molar-refractivity contribution in [3.63, 3.8) is 0 Å². The van der Waals surface area contributed by atoms with E-state index < -0.39 is 0 Å². The molecule has 2 aliphatic rings. The molecule has 3 heteroatoms. The Morgan fingerprint density at radius 2 is 1.82 bits per heavy atom. The summed E-state index contributed by atoms with van der Waals surface area (Å²) in [4.78, 5) is 8.62. The first-order chi connectivity index (χ1) is 8.15. The van der Waals surface area contributed by atoms with Crippen molar-refractivity contribution in [1.82, 2.24) is 9.97 Å². The van der Waals surface area contributed by atoms with Gasteiger partial charge in [0.05, 0.1) is 0 Å². The summed E-state index contributed by atoms with van der Waals surface area (Å²) >= 11 is 0. The number of hydrogen-bond acceptors (Lipinski definition) is 3. The fraction of sp³-hybridized carbons (Fsp3) is 0.714. The van der Waals surface area contributed by atoms with Gasteiger partial charge in [-0.25, -0.2) is 4.98 Å². The molecule has 1 spiro atoms. The molecule has 3 rings (SSSR count). The first kappa shape index (κ1) is 11.0. The summed E-state index contributed by atoms with van der Waals surface area (Å²) in [5, 5.41) is 0. The highest BCUT2D eigenvalue weighted by Crippen LogP contribution is 2.56. The Morgan fingerprint density at radius 3 is 2.41 bits per heavy atom. The molecule has 1 aromatic heterocycles. The van der Waals surface area contributed by atoms with E-state index in [-0.39, 0.29) is 0 Å². The SMILES string of the molecule is Cc1cc(OC2CCC3(CC2)CC3)nc(C)n1. The molecule has 3 nitrogen and oxygen atoms in total. The van der Waals surface area contributed by atoms with Gasteiger partial charge in [0, 0.05) is 11.8 Å². The van der Waals surface area contributed by atoms with Crippen LogP contribution in [-0.4, -0.2) is 16.1 Å². The zero-order chi connectivity index (χ0) is 11.9. The maximum Gasteiger partial charge on any atom is 0.217 e. The van der Waals surface area contributed by atoms with Gasteiger partial charge in [0.15, 0.2) is 0 Å². The molecule has 2 aliphatic carbocycles. The van der Waals surface area contributed by atoms with Gasteiger partial charge in [-0.1, -0.05) is 0 Å². The van der Waals surface area contributed by atoms with Gasteiger partial charge in [0.1, 0.15) is 11.9 Å². The molecule has 1 aromatic rings. The van der Waals surface area contributed by atoms with Crippen molar-refractivity contribution >= 4 is 0 Å². The molecule has 0 unspecified atom stereocenters. The molecule has 0 aromatic carbocycles. The van der Waals surface area contributed by atoms with E-state index in [0.717, 1.165) is 22.8 Å². The van der Waals surface area contributed by atoms with Crippen LogP contribution in [0.3, 0.4) is 0 Å². The summed E-state index contributed by atoms with van der Waals surface area (Å²) in [6.07, 6.45) is 8.36. The quantitative estimate of drug-likeness (QED) is 0.785. The number of aromatic nitrogens is 2. The zero-order valence-electron chi connectivity index (χ0n) is 10.7. The van der Waals surface area contributed by atoms with E-state index in [1.165, 1.54) is 38.5 Å². The molecule has 0 radical (unpaired) electrons. The lowest BCUT2D eigenvalue weighted by Crippen LogP contribution is -2.25. The topological polar surface area (TPSA) is 35.0 Å². The van der Waals surface area contributed by atoms with E-state index in [1.807, 2.05) is 19.9 Å². The third kappa shape index (κ3) is 2.43. The summed E-state index contributed by atoms with van der Waals surface area (Å²) in [6.45, 7) is 3.90. The minimum atomic E-state index is 0.370. The molecular weight excluding hydrogens is 212 g/mol. The third-order valence-corrected chi connectivity index (χ3v) is 4.18. The molecule has 0 aliphatic heterocycles. The monoisotopic (exact) mass is 232 g/mol. The second-order valence-corrected chi connectivity index (χ2v) is 5.71. The van der Waals surface area contributed by atoms with E-state index in [1.54, 1.807) is 0 Å². The molecule has 0 bridgehead atoms. The second kappa shape index (κ2) is 3.97. The van der Waals surface area contributed by atoms with E-state index in [0.29, 0.717) is 6.10 Å². The van der Waals surface area contributed by atoms with E-state index in [9.17, 15) is 0 Å². The number of nitrogens with zero attached hydrogens (tertiary/aromatic N) is 2. The van der Waals surface area contributed by atoms with Crippen LogP contribution in [0.4, 0.5) is 0 Å². The Kier molecular flexibility index (Phi) is 2.57. The summed E-state index contributed by atoms with van der Waals surface area (Å²) < 4.78 is 5.99. The average molecular weight is 232 g/mol. The van der Waals surface area contributed by atoms with E-state index in [2.05, 4.69) is 9.97 Å². The lowest BCUT2D eigenvalue weighted by Gasteiger charge is -2.28. The van der Waals surface area contributed by atoms with Crippen molar-refractivity contribution in [1.29, 1.82) is 0 Å². The molecule has 17 heavy (non-hydrogen) atoms. The van der Waals surface area contributed by atoms with Gasteiger partial charge in [-0.2, -0.15) is 4.98 Å². The van der Waals surface area contributed by atoms with Crippen LogP contribution in [0.25, 0.3) is 0 Å². The lowest BCUT2D eigenvalue weighted by molar-refractivity contribution is 0.118. The van der Waals surface area contributed by atoms with Gasteiger partial charge in [0.2, 0.25) is 5.88 Å². The summed E-state index contributed by atoms with van der Waals surface area (Å²) in [5.41, 5.74) is 1.72. The Hall–Kier alpha value is -1.12. The van der Waals surface area contributed by atoms with Crippen LogP contribution >= 0.6 is 0 Å². The van der Waals surface area contributed by atoms with Gasteiger partial charge in [-0.15, -0.1) is 0 Å². The Balaban J connectivity index is 1.62. The average Bonchev–Trinajstić information content (AvgIpc) is 3.01. The highest BCUT2D eigenvalue weighted by Gasteiger charge is 2.45. The molecule has 0 N–H and O–H groups in total. The van der Waals surface area contributed by atoms with Crippen molar-refractivity contribution in [2.75, 3.05) is 0 Å². The van der Waals surface area contributed by atoms with Crippen molar-refractivity contribution in [2.24, 2.45) is 5.41 Å². The van der Waals surface area contributed by atoms with Crippen LogP contribution < -0.4 is 4.74 Å². The first-order valence-electron chi connectivity index (χ1n) is 6.64. The smallest absolute Gasteiger partial charge is 0.217 e. The highest BCUT2D eigenvalue weighted by molar-refractivity contribution is 5.15. The Labute approximate surface area is 103 Å². The van der Waals surface area contributed by atoms with Gasteiger partial charge in [0.25, 0.3) is 0 Å². The Bertz CT molecular complexity index is 396. The lowest BCUT2D eigenvalue weighted by atomic mass is 9.85. The standard InChI is InChI=1S/C14H20N2O/c1-10-9-13(16-11(2)15-10)17-12-3-5-14(6-4-12)7-8-14/h9,12H,3-8H2,1-2H3. The first-order valence-corrected chi connectivity index (χ1v) is 6.64. The predicted molar refractivity (Wildman–Crippen MR) is 66.1 cm³/mol. The van der Waals surface area contributed by atoms with E-state index >= 15 is 0 Å². The van der Waals surface area contributed by atoms with Crippen molar-refractivity contribution in [3.05, 3.63) is 17.6 Å². The van der Waals surface area contributed by atoms with Crippen LogP contribution in [0.2, 0.25) is 0 Å². The molecule has 1 heterocycles. The molecule has 0 amide bonds. The molecule has 0 atom stereocenters. The summed E-state index contributed by atoms with van der Waals surface area (Å²) in [5.74, 6) is 1.56. The van der Waals surface area contributed by atoms with E-state index in [4.69, 9.17) is 4.74 Å². The summed E-state index contributed by atoms with van der Waals surface area (Å²) in [6, 6.07) is 1.94. The number of rotatable bonds is 2. The van der Waals surface area contributed by atoms with Gasteiger partial charge in [-0.05, 0) is 57.8 Å². The molecular formula is C14H20N2O. The molecule has 2 saturated carbocycles. The van der Waals surface area contributed by atoms with Crippen LogP contribution in [0.5, 0.6) is 5.88 Å². The third-order valence-electron chi connectivity index (χ3n) is 4.18. The minimum absolute atomic E-state index is 0.370. The fourth-order valence-electron chi connectivity index (χ4n) is 2.91. The van der Waals surface area contributed by atoms with Crippen LogP contribution in [0, 0.1) is 19.3 Å². The Morgan fingerprint density at radius 1 is 1.12 bits per heavy atom. The zero-order valence-corrected chi connectivity index (χ0v) is 10.7. The fourth-order valence-corrected chi connectivity index (χ4v) is 2.91. The van der Waals surface area contributed by atoms with Crippen LogP contribution in [-0.2, 0) is 0 Å². The van der Waals surface area contributed by atoms with Crippen LogP contribution in [0.15, 0.2) is 6.07 Å². The predicted octanol–water partition coefficient (Wildman–Crippen LogP) is 3.20. The van der Waals surface area contributed by atoms with Crippen LogP contribution in [0.1, 0.15) is 50.0 Å². The maximum absolute atomic E-state index is 5.99. The summed E-state index contributed by atoms with van der Waals surface area (Å²) in [7, 11) is 0. The second-order valence-electron chi connectivity index (χ2n) is 5.71. The minimum Gasteiger partial charge on any atom is -0.474 e. The number of aryl methyl sites for hydroxylation is 2. The maximum atomic E-state index is 5.99. The number of ether oxygens (including phenoxy) is 1. The molecule has 0 saturated heterocycles. The largest absolute Gasteiger partial charge is 0.474 e. The van der Waals surface area contributed by atoms with Crippen molar-refractivity contribution in [2.45, 2.75) is 58.5 Å².